The van der Waals surface area contributed by atoms with Crippen LogP contribution in [0.1, 0.15) is 31.7 Å². The Morgan fingerprint density at radius 1 is 1.57 bits per heavy atom. The van der Waals surface area contributed by atoms with E-state index >= 15 is 0 Å². The molecular weight excluding hydrogens is 309 g/mol. The van der Waals surface area contributed by atoms with Crippen molar-refractivity contribution in [2.24, 2.45) is 5.92 Å². The number of aryl methyl sites for hydroxylation is 2. The summed E-state index contributed by atoms with van der Waals surface area (Å²) in [4.78, 5) is 24.9. The fraction of sp³-hybridized carbons (Fsp3) is 0.533. The van der Waals surface area contributed by atoms with Crippen molar-refractivity contribution in [3.8, 4) is 0 Å². The van der Waals surface area contributed by atoms with Crippen LogP contribution in [0.4, 0.5) is 0 Å². The molecule has 23 heavy (non-hydrogen) atoms. The molecule has 118 valence electrons. The van der Waals surface area contributed by atoms with Crippen LogP contribution in [-0.4, -0.2) is 43.8 Å². The smallest absolute Gasteiger partial charge is 0.543 e. The van der Waals surface area contributed by atoms with Crippen molar-refractivity contribution in [3.05, 3.63) is 23.2 Å². The largest absolute Gasteiger partial charge is 1.00 e. The first-order valence-electron chi connectivity index (χ1n) is 7.37. The SMILES string of the molecule is CCn1nc(C2=C(C(=O)[O-])N3C(=O)[C@H]([C@@H](C)O)[C@H]3C2)cc1C.[Na+]. The maximum absolute atomic E-state index is 12.1. The van der Waals surface area contributed by atoms with Gasteiger partial charge in [-0.2, -0.15) is 5.10 Å². The number of amides is 1. The summed E-state index contributed by atoms with van der Waals surface area (Å²) in [5.74, 6) is -2.29. The summed E-state index contributed by atoms with van der Waals surface area (Å²) in [6.07, 6.45) is -0.420. The molecule has 2 aliphatic heterocycles. The number of fused-ring (bicyclic) bond motifs is 1. The first kappa shape index (κ1) is 18.2. The van der Waals surface area contributed by atoms with Crippen LogP contribution >= 0.6 is 0 Å². The molecule has 0 unspecified atom stereocenters. The van der Waals surface area contributed by atoms with Crippen molar-refractivity contribution < 1.29 is 49.4 Å². The van der Waals surface area contributed by atoms with E-state index in [0.29, 0.717) is 24.2 Å². The van der Waals surface area contributed by atoms with E-state index in [-0.39, 0.29) is 47.2 Å². The Kier molecular flexibility index (Phi) is 5.06. The molecule has 0 aromatic carbocycles. The molecule has 1 fully saturated rings. The number of aliphatic hydroxyl groups excluding tert-OH is 1. The van der Waals surface area contributed by atoms with Gasteiger partial charge in [0.15, 0.2) is 0 Å². The van der Waals surface area contributed by atoms with E-state index in [1.54, 1.807) is 11.6 Å². The van der Waals surface area contributed by atoms with Crippen LogP contribution in [0, 0.1) is 12.8 Å². The topological polar surface area (TPSA) is 98.5 Å². The number of carbonyl (C=O) groups is 2. The molecule has 2 aliphatic rings. The van der Waals surface area contributed by atoms with E-state index in [2.05, 4.69) is 5.10 Å². The van der Waals surface area contributed by atoms with Gasteiger partial charge in [0.1, 0.15) is 0 Å². The fourth-order valence-electron chi connectivity index (χ4n) is 3.47. The predicted molar refractivity (Wildman–Crippen MR) is 75.0 cm³/mol. The van der Waals surface area contributed by atoms with Crippen molar-refractivity contribution in [1.29, 1.82) is 0 Å². The van der Waals surface area contributed by atoms with E-state index < -0.39 is 18.0 Å². The van der Waals surface area contributed by atoms with E-state index in [4.69, 9.17) is 0 Å². The fourth-order valence-corrected chi connectivity index (χ4v) is 3.47. The van der Waals surface area contributed by atoms with Gasteiger partial charge in [0.25, 0.3) is 0 Å². The number of β-lactam (4-membered cyclic amide) rings is 1. The summed E-state index contributed by atoms with van der Waals surface area (Å²) in [5, 5.41) is 25.6. The molecule has 0 radical (unpaired) electrons. The maximum atomic E-state index is 12.1. The third-order valence-corrected chi connectivity index (χ3v) is 4.51. The number of carboxylic acid groups (broad SMARTS) is 1. The predicted octanol–water partition coefficient (Wildman–Crippen LogP) is -3.71. The number of carbonyl (C=O) groups excluding carboxylic acids is 2. The van der Waals surface area contributed by atoms with E-state index in [1.165, 1.54) is 4.90 Å². The van der Waals surface area contributed by atoms with Gasteiger partial charge >= 0.3 is 29.6 Å². The van der Waals surface area contributed by atoms with Gasteiger partial charge in [0.05, 0.1) is 35.4 Å². The first-order chi connectivity index (χ1) is 10.4. The molecule has 0 bridgehead atoms. The summed E-state index contributed by atoms with van der Waals surface area (Å²) in [5.41, 5.74) is 1.89. The minimum atomic E-state index is -1.38. The number of rotatable bonds is 4. The molecule has 1 amide bonds. The molecule has 0 spiro atoms. The average molecular weight is 327 g/mol. The van der Waals surface area contributed by atoms with Crippen LogP contribution in [-0.2, 0) is 16.1 Å². The van der Waals surface area contributed by atoms with Gasteiger partial charge in [-0.1, -0.05) is 0 Å². The quantitative estimate of drug-likeness (QED) is 0.453. The first-order valence-corrected chi connectivity index (χ1v) is 7.37. The zero-order valence-electron chi connectivity index (χ0n) is 13.7. The van der Waals surface area contributed by atoms with Gasteiger partial charge in [-0.25, -0.2) is 0 Å². The second-order valence-corrected chi connectivity index (χ2v) is 5.85. The van der Waals surface area contributed by atoms with Crippen LogP contribution in [0.3, 0.4) is 0 Å². The van der Waals surface area contributed by atoms with Gasteiger partial charge in [-0.05, 0) is 33.3 Å². The Labute approximate surface area is 156 Å². The monoisotopic (exact) mass is 327 g/mol. The molecular formula is C15H18N3NaO4. The third kappa shape index (κ3) is 2.65. The second kappa shape index (κ2) is 6.39. The van der Waals surface area contributed by atoms with Crippen LogP contribution in [0.15, 0.2) is 11.8 Å². The Balaban J connectivity index is 0.00000192. The minimum absolute atomic E-state index is 0. The Bertz CT molecular complexity index is 695. The standard InChI is InChI=1S/C15H19N3O4.Na/c1-4-17-7(2)5-10(16-17)9-6-11-12(8(3)19)14(20)18(11)13(9)15(21)22;/h5,8,11-12,19H,4,6H2,1-3H3,(H,21,22);/q;+1/p-1/t8-,11-,12-;/m1./s1. The van der Waals surface area contributed by atoms with Crippen molar-refractivity contribution in [2.45, 2.75) is 45.9 Å². The molecule has 0 saturated carbocycles. The van der Waals surface area contributed by atoms with E-state index in [1.807, 2.05) is 19.9 Å². The Morgan fingerprint density at radius 2 is 2.22 bits per heavy atom. The summed E-state index contributed by atoms with van der Waals surface area (Å²) in [7, 11) is 0. The van der Waals surface area contributed by atoms with Crippen molar-refractivity contribution in [3.63, 3.8) is 0 Å². The molecule has 0 aliphatic carbocycles. The molecule has 3 atom stereocenters. The molecule has 3 heterocycles. The molecule has 1 aromatic rings. The molecule has 1 aromatic heterocycles. The molecule has 7 nitrogen and oxygen atoms in total. The maximum Gasteiger partial charge on any atom is 1.00 e. The number of aromatic nitrogens is 2. The zero-order chi connectivity index (χ0) is 16.2. The molecule has 8 heteroatoms. The van der Waals surface area contributed by atoms with Crippen molar-refractivity contribution >= 4 is 17.4 Å². The summed E-state index contributed by atoms with van der Waals surface area (Å²) >= 11 is 0. The van der Waals surface area contributed by atoms with Crippen LogP contribution in [0.25, 0.3) is 5.57 Å². The number of carboxylic acids is 1. The summed E-state index contributed by atoms with van der Waals surface area (Å²) < 4.78 is 1.78. The molecule has 1 saturated heterocycles. The van der Waals surface area contributed by atoms with Gasteiger partial charge < -0.3 is 19.9 Å². The summed E-state index contributed by atoms with van der Waals surface area (Å²) in [6, 6.07) is 1.50. The van der Waals surface area contributed by atoms with Crippen LogP contribution < -0.4 is 34.7 Å². The van der Waals surface area contributed by atoms with E-state index in [0.717, 1.165) is 5.69 Å². The van der Waals surface area contributed by atoms with E-state index in [9.17, 15) is 19.8 Å². The number of nitrogens with zero attached hydrogens (tertiary/aromatic N) is 3. The molecule has 3 rings (SSSR count). The average Bonchev–Trinajstić information content (AvgIpc) is 2.96. The number of aliphatic carboxylic acids is 1. The zero-order valence-corrected chi connectivity index (χ0v) is 15.7. The van der Waals surface area contributed by atoms with Crippen molar-refractivity contribution in [1.82, 2.24) is 14.7 Å². The third-order valence-electron chi connectivity index (χ3n) is 4.51. The van der Waals surface area contributed by atoms with Gasteiger partial charge in [-0.3, -0.25) is 9.48 Å². The Morgan fingerprint density at radius 3 is 2.70 bits per heavy atom. The number of aliphatic hydroxyl groups is 1. The normalized spacial score (nSPS) is 24.2. The van der Waals surface area contributed by atoms with Crippen LogP contribution in [0.5, 0.6) is 0 Å². The van der Waals surface area contributed by atoms with Gasteiger partial charge in [-0.15, -0.1) is 0 Å². The number of hydrogen-bond donors (Lipinski definition) is 1. The second-order valence-electron chi connectivity index (χ2n) is 5.85. The number of hydrogen-bond acceptors (Lipinski definition) is 5. The van der Waals surface area contributed by atoms with Gasteiger partial charge in [0.2, 0.25) is 5.91 Å². The van der Waals surface area contributed by atoms with Gasteiger partial charge in [0, 0.05) is 17.8 Å². The summed E-state index contributed by atoms with van der Waals surface area (Å²) in [6.45, 7) is 6.08. The molecule has 1 N–H and O–H groups in total. The Hall–Kier alpha value is -1.15. The van der Waals surface area contributed by atoms with Crippen molar-refractivity contribution in [2.75, 3.05) is 0 Å². The minimum Gasteiger partial charge on any atom is -0.543 e. The van der Waals surface area contributed by atoms with Crippen LogP contribution in [0.2, 0.25) is 0 Å².